The lowest BCUT2D eigenvalue weighted by molar-refractivity contribution is 0.102. The number of hydrogen-bond acceptors (Lipinski definition) is 5. The molecule has 4 rings (SSSR count). The summed E-state index contributed by atoms with van der Waals surface area (Å²) in [5.41, 5.74) is 2.31. The van der Waals surface area contributed by atoms with Crippen LogP contribution >= 0.6 is 11.3 Å². The molecule has 0 bridgehead atoms. The highest BCUT2D eigenvalue weighted by atomic mass is 32.1. The molecule has 1 aliphatic rings. The third-order valence-electron chi connectivity index (χ3n) is 4.08. The van der Waals surface area contributed by atoms with E-state index in [0.29, 0.717) is 20.9 Å². The molecule has 128 valence electrons. The number of aromatic nitrogens is 1. The number of nitrogens with zero attached hydrogens (tertiary/aromatic N) is 2. The number of carbonyl (C=O) groups is 1. The van der Waals surface area contributed by atoms with E-state index in [9.17, 15) is 9.18 Å². The molecule has 0 aliphatic carbocycles. The van der Waals surface area contributed by atoms with Crippen molar-refractivity contribution in [2.75, 3.05) is 36.5 Å². The first-order chi connectivity index (χ1) is 12.2. The zero-order chi connectivity index (χ0) is 17.2. The number of morpholine rings is 1. The van der Waals surface area contributed by atoms with Gasteiger partial charge in [-0.25, -0.2) is 9.37 Å². The summed E-state index contributed by atoms with van der Waals surface area (Å²) in [6.45, 7) is 3.16. The van der Waals surface area contributed by atoms with Gasteiger partial charge in [0.25, 0.3) is 5.91 Å². The van der Waals surface area contributed by atoms with Crippen LogP contribution in [0.2, 0.25) is 0 Å². The normalized spacial score (nSPS) is 14.7. The third kappa shape index (κ3) is 3.47. The van der Waals surface area contributed by atoms with Crippen LogP contribution in [0.25, 0.3) is 10.2 Å². The highest BCUT2D eigenvalue weighted by Crippen LogP contribution is 2.27. The van der Waals surface area contributed by atoms with E-state index < -0.39 is 0 Å². The summed E-state index contributed by atoms with van der Waals surface area (Å²) in [4.78, 5) is 18.9. The van der Waals surface area contributed by atoms with Gasteiger partial charge in [0.1, 0.15) is 5.82 Å². The van der Waals surface area contributed by atoms with Crippen molar-refractivity contribution in [2.45, 2.75) is 0 Å². The van der Waals surface area contributed by atoms with Gasteiger partial charge in [-0.05, 0) is 42.5 Å². The van der Waals surface area contributed by atoms with Crippen LogP contribution in [0.1, 0.15) is 10.4 Å². The van der Waals surface area contributed by atoms with Crippen LogP contribution in [0.4, 0.5) is 15.2 Å². The summed E-state index contributed by atoms with van der Waals surface area (Å²) in [5, 5.41) is 3.24. The first kappa shape index (κ1) is 16.0. The van der Waals surface area contributed by atoms with Crippen molar-refractivity contribution >= 4 is 38.3 Å². The minimum Gasteiger partial charge on any atom is -0.378 e. The van der Waals surface area contributed by atoms with Gasteiger partial charge in [-0.1, -0.05) is 11.3 Å². The average molecular weight is 357 g/mol. The molecule has 25 heavy (non-hydrogen) atoms. The molecule has 1 fully saturated rings. The van der Waals surface area contributed by atoms with Gasteiger partial charge in [-0.3, -0.25) is 10.1 Å². The second-order valence-electron chi connectivity index (χ2n) is 5.73. The van der Waals surface area contributed by atoms with Gasteiger partial charge in [-0.2, -0.15) is 0 Å². The van der Waals surface area contributed by atoms with Gasteiger partial charge in [0.2, 0.25) is 0 Å². The van der Waals surface area contributed by atoms with Crippen molar-refractivity contribution in [3.05, 3.63) is 53.8 Å². The molecule has 0 atom stereocenters. The SMILES string of the molecule is O=C(Nc1nc2ccc(F)cc2s1)c1ccc(N2CCOCC2)cc1. The molecule has 1 amide bonds. The molecule has 7 heteroatoms. The highest BCUT2D eigenvalue weighted by molar-refractivity contribution is 7.22. The lowest BCUT2D eigenvalue weighted by Crippen LogP contribution is -2.36. The quantitative estimate of drug-likeness (QED) is 0.779. The number of halogens is 1. The fraction of sp³-hybridized carbons (Fsp3) is 0.222. The van der Waals surface area contributed by atoms with Gasteiger partial charge in [-0.15, -0.1) is 0 Å². The smallest absolute Gasteiger partial charge is 0.257 e. The molecular formula is C18H16FN3O2S. The number of thiazole rings is 1. The molecule has 1 aromatic heterocycles. The molecule has 1 saturated heterocycles. The van der Waals surface area contributed by atoms with E-state index in [4.69, 9.17) is 4.74 Å². The lowest BCUT2D eigenvalue weighted by Gasteiger charge is -2.28. The Kier molecular flexibility index (Phi) is 4.33. The molecule has 2 heterocycles. The number of anilines is 2. The van der Waals surface area contributed by atoms with Crippen molar-refractivity contribution in [3.8, 4) is 0 Å². The van der Waals surface area contributed by atoms with E-state index >= 15 is 0 Å². The number of ether oxygens (including phenoxy) is 1. The third-order valence-corrected chi connectivity index (χ3v) is 5.01. The Morgan fingerprint density at radius 2 is 1.92 bits per heavy atom. The van der Waals surface area contributed by atoms with E-state index in [1.165, 1.54) is 23.5 Å². The Morgan fingerprint density at radius 3 is 2.68 bits per heavy atom. The number of amides is 1. The van der Waals surface area contributed by atoms with Crippen molar-refractivity contribution in [3.63, 3.8) is 0 Å². The van der Waals surface area contributed by atoms with Crippen molar-refractivity contribution in [1.82, 2.24) is 4.98 Å². The lowest BCUT2D eigenvalue weighted by atomic mass is 10.2. The fourth-order valence-electron chi connectivity index (χ4n) is 2.77. The van der Waals surface area contributed by atoms with E-state index in [-0.39, 0.29) is 11.7 Å². The Balaban J connectivity index is 1.48. The van der Waals surface area contributed by atoms with Crippen LogP contribution < -0.4 is 10.2 Å². The van der Waals surface area contributed by atoms with Crippen LogP contribution in [-0.2, 0) is 4.74 Å². The standard InChI is InChI=1S/C18H16FN3O2S/c19-13-3-6-15-16(11-13)25-18(20-15)21-17(23)12-1-4-14(5-2-12)22-7-9-24-10-8-22/h1-6,11H,7-10H2,(H,20,21,23). The number of benzene rings is 2. The highest BCUT2D eigenvalue weighted by Gasteiger charge is 2.13. The van der Waals surface area contributed by atoms with Crippen LogP contribution in [0.5, 0.6) is 0 Å². The second-order valence-corrected chi connectivity index (χ2v) is 6.76. The molecule has 0 unspecified atom stereocenters. The number of hydrogen-bond donors (Lipinski definition) is 1. The second kappa shape index (κ2) is 6.78. The number of carbonyl (C=O) groups excluding carboxylic acids is 1. The summed E-state index contributed by atoms with van der Waals surface area (Å²) >= 11 is 1.26. The van der Waals surface area contributed by atoms with Gasteiger partial charge in [0.05, 0.1) is 23.4 Å². The Morgan fingerprint density at radius 1 is 1.16 bits per heavy atom. The predicted octanol–water partition coefficient (Wildman–Crippen LogP) is 3.52. The molecule has 3 aromatic rings. The molecule has 0 saturated carbocycles. The number of rotatable bonds is 3. The molecule has 1 N–H and O–H groups in total. The number of fused-ring (bicyclic) bond motifs is 1. The van der Waals surface area contributed by atoms with E-state index in [1.54, 1.807) is 18.2 Å². The summed E-state index contributed by atoms with van der Waals surface area (Å²) in [6.07, 6.45) is 0. The van der Waals surface area contributed by atoms with E-state index in [2.05, 4.69) is 15.2 Å². The zero-order valence-corrected chi connectivity index (χ0v) is 14.2. The van der Waals surface area contributed by atoms with Crippen LogP contribution in [0.3, 0.4) is 0 Å². The minimum atomic E-state index is -0.312. The van der Waals surface area contributed by atoms with Crippen molar-refractivity contribution in [1.29, 1.82) is 0 Å². The first-order valence-corrected chi connectivity index (χ1v) is 8.81. The van der Waals surface area contributed by atoms with Crippen molar-refractivity contribution in [2.24, 2.45) is 0 Å². The van der Waals surface area contributed by atoms with Crippen LogP contribution in [-0.4, -0.2) is 37.2 Å². The van der Waals surface area contributed by atoms with Gasteiger partial charge in [0.15, 0.2) is 5.13 Å². The molecule has 5 nitrogen and oxygen atoms in total. The van der Waals surface area contributed by atoms with Crippen molar-refractivity contribution < 1.29 is 13.9 Å². The summed E-state index contributed by atoms with van der Waals surface area (Å²) < 4.78 is 19.3. The predicted molar refractivity (Wildman–Crippen MR) is 97.0 cm³/mol. The molecular weight excluding hydrogens is 341 g/mol. The maximum atomic E-state index is 13.2. The molecule has 0 spiro atoms. The largest absolute Gasteiger partial charge is 0.378 e. The maximum Gasteiger partial charge on any atom is 0.257 e. The average Bonchev–Trinajstić information content (AvgIpc) is 3.04. The summed E-state index contributed by atoms with van der Waals surface area (Å²) in [5.74, 6) is -0.541. The maximum absolute atomic E-state index is 13.2. The first-order valence-electron chi connectivity index (χ1n) is 7.99. The summed E-state index contributed by atoms with van der Waals surface area (Å²) in [7, 11) is 0. The Labute approximate surface area is 148 Å². The Hall–Kier alpha value is -2.51. The molecule has 2 aromatic carbocycles. The topological polar surface area (TPSA) is 54.5 Å². The minimum absolute atomic E-state index is 0.229. The summed E-state index contributed by atoms with van der Waals surface area (Å²) in [6, 6.07) is 11.9. The van der Waals surface area contributed by atoms with Crippen LogP contribution in [0, 0.1) is 5.82 Å². The zero-order valence-electron chi connectivity index (χ0n) is 13.4. The van der Waals surface area contributed by atoms with Gasteiger partial charge >= 0.3 is 0 Å². The molecule has 0 radical (unpaired) electrons. The fourth-order valence-corrected chi connectivity index (χ4v) is 3.65. The Bertz CT molecular complexity index is 904. The van der Waals surface area contributed by atoms with Crippen LogP contribution in [0.15, 0.2) is 42.5 Å². The van der Waals surface area contributed by atoms with Gasteiger partial charge < -0.3 is 9.64 Å². The van der Waals surface area contributed by atoms with Gasteiger partial charge in [0, 0.05) is 24.3 Å². The van der Waals surface area contributed by atoms with E-state index in [1.807, 2.05) is 12.1 Å². The van der Waals surface area contributed by atoms with E-state index in [0.717, 1.165) is 32.0 Å². The molecule has 1 aliphatic heterocycles. The number of nitrogens with one attached hydrogen (secondary N) is 1. The monoisotopic (exact) mass is 357 g/mol.